The Kier molecular flexibility index (Phi) is 6.97. The Morgan fingerprint density at radius 3 is 2.31 bits per heavy atom. The fourth-order valence-electron chi connectivity index (χ4n) is 1.62. The molecule has 0 spiro atoms. The molecule has 78 valence electrons. The first-order chi connectivity index (χ1) is 6.13. The van der Waals surface area contributed by atoms with Crippen LogP contribution in [0.4, 0.5) is 0 Å². The van der Waals surface area contributed by atoms with Gasteiger partial charge in [0.25, 0.3) is 0 Å². The smallest absolute Gasteiger partial charge is 0.00922 e. The van der Waals surface area contributed by atoms with Gasteiger partial charge in [-0.15, -0.1) is 6.58 Å². The predicted molar refractivity (Wildman–Crippen MR) is 60.9 cm³/mol. The molecule has 0 saturated heterocycles. The zero-order valence-corrected chi connectivity index (χ0v) is 9.64. The summed E-state index contributed by atoms with van der Waals surface area (Å²) in [5.74, 6) is 1.52. The zero-order chi connectivity index (χ0) is 10.3. The van der Waals surface area contributed by atoms with Crippen LogP contribution in [0.25, 0.3) is 0 Å². The van der Waals surface area contributed by atoms with E-state index in [1.165, 1.54) is 12.8 Å². The van der Waals surface area contributed by atoms with Crippen LogP contribution >= 0.6 is 0 Å². The molecule has 0 aliphatic carbocycles. The molecule has 0 fully saturated rings. The molecule has 0 saturated carbocycles. The Hall–Kier alpha value is -0.300. The lowest BCUT2D eigenvalue weighted by Gasteiger charge is -2.26. The van der Waals surface area contributed by atoms with Gasteiger partial charge in [-0.2, -0.15) is 0 Å². The minimum absolute atomic E-state index is 0.667. The van der Waals surface area contributed by atoms with E-state index in [9.17, 15) is 0 Å². The lowest BCUT2D eigenvalue weighted by atomic mass is 9.87. The van der Waals surface area contributed by atoms with Gasteiger partial charge in [0.15, 0.2) is 0 Å². The summed E-state index contributed by atoms with van der Waals surface area (Å²) >= 11 is 0. The van der Waals surface area contributed by atoms with E-state index in [0.717, 1.165) is 18.3 Å². The lowest BCUT2D eigenvalue weighted by molar-refractivity contribution is 0.294. The van der Waals surface area contributed by atoms with Crippen molar-refractivity contribution >= 4 is 0 Å². The van der Waals surface area contributed by atoms with Crippen LogP contribution in [0.5, 0.6) is 0 Å². The second-order valence-corrected chi connectivity index (χ2v) is 4.22. The quantitative estimate of drug-likeness (QED) is 0.472. The number of allylic oxidation sites excluding steroid dienone is 1. The molecular weight excluding hydrogens is 158 g/mol. The molecule has 1 nitrogen and oxygen atoms in total. The molecule has 13 heavy (non-hydrogen) atoms. The summed E-state index contributed by atoms with van der Waals surface area (Å²) in [6.45, 7) is 10.7. The highest BCUT2D eigenvalue weighted by molar-refractivity contribution is 4.76. The molecule has 2 unspecified atom stereocenters. The zero-order valence-electron chi connectivity index (χ0n) is 9.64. The van der Waals surface area contributed by atoms with Crippen LogP contribution in [0.15, 0.2) is 12.7 Å². The fourth-order valence-corrected chi connectivity index (χ4v) is 1.62. The molecule has 0 amide bonds. The van der Waals surface area contributed by atoms with Crippen molar-refractivity contribution in [3.8, 4) is 0 Å². The number of nitrogens with one attached hydrogen (secondary N) is 1. The van der Waals surface area contributed by atoms with Crippen molar-refractivity contribution in [3.63, 3.8) is 0 Å². The third-order valence-corrected chi connectivity index (χ3v) is 2.98. The van der Waals surface area contributed by atoms with Crippen LogP contribution in [0.3, 0.4) is 0 Å². The molecule has 0 radical (unpaired) electrons. The van der Waals surface area contributed by atoms with Gasteiger partial charge in [0.2, 0.25) is 0 Å². The van der Waals surface area contributed by atoms with Crippen molar-refractivity contribution in [2.24, 2.45) is 11.8 Å². The Labute approximate surface area is 83.6 Å². The summed E-state index contributed by atoms with van der Waals surface area (Å²) in [5, 5.41) is 3.41. The van der Waals surface area contributed by atoms with Crippen LogP contribution in [0.2, 0.25) is 0 Å². The number of unbranched alkanes of at least 4 members (excludes halogenated alkanes) is 1. The van der Waals surface area contributed by atoms with Crippen LogP contribution in [-0.2, 0) is 0 Å². The third-order valence-electron chi connectivity index (χ3n) is 2.98. The minimum Gasteiger partial charge on any atom is -0.317 e. The average molecular weight is 183 g/mol. The second-order valence-electron chi connectivity index (χ2n) is 4.22. The molecule has 2 atom stereocenters. The molecule has 1 N–H and O–H groups in total. The molecule has 0 aromatic heterocycles. The summed E-state index contributed by atoms with van der Waals surface area (Å²) in [5.41, 5.74) is 0. The van der Waals surface area contributed by atoms with Gasteiger partial charge in [-0.05, 0) is 38.1 Å². The van der Waals surface area contributed by atoms with Gasteiger partial charge in [0, 0.05) is 6.04 Å². The van der Waals surface area contributed by atoms with Crippen molar-refractivity contribution < 1.29 is 0 Å². The summed E-state index contributed by atoms with van der Waals surface area (Å²) in [6.07, 6.45) is 5.67. The third kappa shape index (κ3) is 5.09. The van der Waals surface area contributed by atoms with Gasteiger partial charge in [0.1, 0.15) is 0 Å². The van der Waals surface area contributed by atoms with E-state index >= 15 is 0 Å². The number of rotatable bonds is 7. The minimum atomic E-state index is 0.667. The Morgan fingerprint density at radius 1 is 1.31 bits per heavy atom. The Bertz CT molecular complexity index is 129. The number of hydrogen-bond acceptors (Lipinski definition) is 1. The van der Waals surface area contributed by atoms with Gasteiger partial charge < -0.3 is 5.32 Å². The van der Waals surface area contributed by atoms with E-state index < -0.39 is 0 Å². The molecule has 0 aromatic carbocycles. The maximum atomic E-state index is 3.74. The van der Waals surface area contributed by atoms with Crippen LogP contribution in [-0.4, -0.2) is 13.1 Å². The van der Waals surface area contributed by atoms with Crippen molar-refractivity contribution in [2.45, 2.75) is 46.1 Å². The van der Waals surface area contributed by atoms with E-state index in [0.29, 0.717) is 6.04 Å². The van der Waals surface area contributed by atoms with E-state index in [1.807, 2.05) is 6.08 Å². The molecule has 0 aliphatic heterocycles. The standard InChI is InChI=1S/C12H25N/c1-6-7-8-9-12(13-5)11(4)10(2)3/h6,10-13H,1,7-9H2,2-5H3. The van der Waals surface area contributed by atoms with E-state index in [2.05, 4.69) is 39.7 Å². The van der Waals surface area contributed by atoms with Gasteiger partial charge in [-0.3, -0.25) is 0 Å². The van der Waals surface area contributed by atoms with E-state index in [-0.39, 0.29) is 0 Å². The van der Waals surface area contributed by atoms with Gasteiger partial charge in [0.05, 0.1) is 0 Å². The van der Waals surface area contributed by atoms with Crippen LogP contribution < -0.4 is 5.32 Å². The Balaban J connectivity index is 3.80. The van der Waals surface area contributed by atoms with E-state index in [4.69, 9.17) is 0 Å². The molecule has 0 aromatic rings. The maximum Gasteiger partial charge on any atom is 0.00922 e. The Morgan fingerprint density at radius 2 is 1.92 bits per heavy atom. The van der Waals surface area contributed by atoms with Crippen LogP contribution in [0.1, 0.15) is 40.0 Å². The van der Waals surface area contributed by atoms with Crippen LogP contribution in [0, 0.1) is 11.8 Å². The molecule has 1 heteroatoms. The highest BCUT2D eigenvalue weighted by Crippen LogP contribution is 2.18. The topological polar surface area (TPSA) is 12.0 Å². The first-order valence-corrected chi connectivity index (χ1v) is 5.41. The van der Waals surface area contributed by atoms with Crippen molar-refractivity contribution in [1.82, 2.24) is 5.32 Å². The van der Waals surface area contributed by atoms with Crippen molar-refractivity contribution in [3.05, 3.63) is 12.7 Å². The highest BCUT2D eigenvalue weighted by atomic mass is 14.9. The largest absolute Gasteiger partial charge is 0.317 e. The van der Waals surface area contributed by atoms with Gasteiger partial charge in [-0.1, -0.05) is 26.8 Å². The second kappa shape index (κ2) is 7.14. The molecular formula is C12H25N. The molecule has 0 heterocycles. The van der Waals surface area contributed by atoms with Gasteiger partial charge >= 0.3 is 0 Å². The predicted octanol–water partition coefficient (Wildman–Crippen LogP) is 3.22. The van der Waals surface area contributed by atoms with Crippen molar-refractivity contribution in [2.75, 3.05) is 7.05 Å². The lowest BCUT2D eigenvalue weighted by Crippen LogP contribution is -2.34. The normalized spacial score (nSPS) is 15.8. The SMILES string of the molecule is C=CCCCC(NC)C(C)C(C)C. The first-order valence-electron chi connectivity index (χ1n) is 5.41. The van der Waals surface area contributed by atoms with Gasteiger partial charge in [-0.25, -0.2) is 0 Å². The summed E-state index contributed by atoms with van der Waals surface area (Å²) < 4.78 is 0. The molecule has 0 rings (SSSR count). The summed E-state index contributed by atoms with van der Waals surface area (Å²) in [6, 6.07) is 0.667. The highest BCUT2D eigenvalue weighted by Gasteiger charge is 2.17. The fraction of sp³-hybridized carbons (Fsp3) is 0.833. The first kappa shape index (κ1) is 12.7. The molecule has 0 aliphatic rings. The van der Waals surface area contributed by atoms with Crippen molar-refractivity contribution in [1.29, 1.82) is 0 Å². The summed E-state index contributed by atoms with van der Waals surface area (Å²) in [4.78, 5) is 0. The summed E-state index contributed by atoms with van der Waals surface area (Å²) in [7, 11) is 2.07. The average Bonchev–Trinajstić information content (AvgIpc) is 2.11. The monoisotopic (exact) mass is 183 g/mol. The molecule has 0 bridgehead atoms. The maximum absolute atomic E-state index is 3.74. The van der Waals surface area contributed by atoms with E-state index in [1.54, 1.807) is 0 Å². The number of hydrogen-bond donors (Lipinski definition) is 1.